The molecule has 1 aromatic carbocycles. The molecule has 0 bridgehead atoms. The fraction of sp³-hybridized carbons (Fsp3) is 0.421. The molecule has 3 aliphatic rings. The summed E-state index contributed by atoms with van der Waals surface area (Å²) in [5.74, 6) is 1.03. The van der Waals surface area contributed by atoms with Gasteiger partial charge in [-0.2, -0.15) is 0 Å². The highest BCUT2D eigenvalue weighted by Crippen LogP contribution is 2.54. The molecule has 6 heteroatoms. The molecule has 2 saturated carbocycles. The van der Waals surface area contributed by atoms with Crippen LogP contribution < -0.4 is 5.32 Å². The van der Waals surface area contributed by atoms with Crippen LogP contribution in [0.3, 0.4) is 0 Å². The van der Waals surface area contributed by atoms with Crippen molar-refractivity contribution in [3.05, 3.63) is 42.3 Å². The van der Waals surface area contributed by atoms with Gasteiger partial charge in [0.25, 0.3) is 5.91 Å². The molecule has 2 heterocycles. The normalized spacial score (nSPS) is 22.3. The van der Waals surface area contributed by atoms with Gasteiger partial charge in [-0.25, -0.2) is 9.78 Å². The molecule has 128 valence electrons. The van der Waals surface area contributed by atoms with Crippen molar-refractivity contribution in [1.29, 1.82) is 0 Å². The molecule has 1 N–H and O–H groups in total. The van der Waals surface area contributed by atoms with Crippen LogP contribution in [0.15, 0.2) is 41.0 Å². The third-order valence-electron chi connectivity index (χ3n) is 5.49. The van der Waals surface area contributed by atoms with Crippen molar-refractivity contribution >= 4 is 11.9 Å². The van der Waals surface area contributed by atoms with Gasteiger partial charge in [0, 0.05) is 5.56 Å². The molecular weight excluding hydrogens is 318 g/mol. The summed E-state index contributed by atoms with van der Waals surface area (Å²) in [7, 11) is 0. The van der Waals surface area contributed by atoms with Crippen molar-refractivity contribution in [3.63, 3.8) is 0 Å². The first kappa shape index (κ1) is 14.7. The van der Waals surface area contributed by atoms with E-state index in [4.69, 9.17) is 4.42 Å². The Balaban J connectivity index is 1.38. The van der Waals surface area contributed by atoms with Crippen molar-refractivity contribution in [2.24, 2.45) is 11.8 Å². The topological polar surface area (TPSA) is 75.4 Å². The standard InChI is InChI=1S/C19H19N3O3/c23-17-19(13-6-7-13,14-8-9-14)21-18(24)22(17)10-15-11-25-16(20-15)12-4-2-1-3-5-12/h1-5,11,13-14H,6-10H2,(H,21,24). The first-order chi connectivity index (χ1) is 12.2. The average molecular weight is 337 g/mol. The Bertz CT molecular complexity index is 825. The Morgan fingerprint density at radius 2 is 1.80 bits per heavy atom. The van der Waals surface area contributed by atoms with Gasteiger partial charge in [-0.3, -0.25) is 9.69 Å². The van der Waals surface area contributed by atoms with Crippen LogP contribution in [0.5, 0.6) is 0 Å². The minimum Gasteiger partial charge on any atom is -0.444 e. The molecular formula is C19H19N3O3. The number of urea groups is 1. The van der Waals surface area contributed by atoms with E-state index in [0.717, 1.165) is 31.2 Å². The number of aromatic nitrogens is 1. The Kier molecular flexibility index (Phi) is 3.04. The third kappa shape index (κ3) is 2.27. The van der Waals surface area contributed by atoms with E-state index in [0.29, 0.717) is 23.4 Å². The van der Waals surface area contributed by atoms with E-state index in [1.807, 2.05) is 30.3 Å². The average Bonchev–Trinajstić information content (AvgIpc) is 3.55. The van der Waals surface area contributed by atoms with E-state index >= 15 is 0 Å². The van der Waals surface area contributed by atoms with Gasteiger partial charge >= 0.3 is 6.03 Å². The maximum absolute atomic E-state index is 13.1. The minimum absolute atomic E-state index is 0.0771. The van der Waals surface area contributed by atoms with Gasteiger partial charge in [-0.05, 0) is 49.7 Å². The lowest BCUT2D eigenvalue weighted by molar-refractivity contribution is -0.133. The molecule has 5 rings (SSSR count). The maximum atomic E-state index is 13.1. The van der Waals surface area contributed by atoms with Crippen molar-refractivity contribution in [2.75, 3.05) is 0 Å². The van der Waals surface area contributed by atoms with Crippen molar-refractivity contribution in [2.45, 2.75) is 37.8 Å². The molecule has 6 nitrogen and oxygen atoms in total. The molecule has 3 amide bonds. The lowest BCUT2D eigenvalue weighted by Gasteiger charge is -2.26. The fourth-order valence-electron chi connectivity index (χ4n) is 3.98. The second kappa shape index (κ2) is 5.18. The largest absolute Gasteiger partial charge is 0.444 e. The Morgan fingerprint density at radius 1 is 1.12 bits per heavy atom. The molecule has 1 aliphatic heterocycles. The fourth-order valence-corrected chi connectivity index (χ4v) is 3.98. The Labute approximate surface area is 145 Å². The van der Waals surface area contributed by atoms with Crippen LogP contribution in [0, 0.1) is 11.8 Å². The summed E-state index contributed by atoms with van der Waals surface area (Å²) in [5.41, 5.74) is 0.810. The molecule has 1 saturated heterocycles. The summed E-state index contributed by atoms with van der Waals surface area (Å²) in [6, 6.07) is 9.28. The SMILES string of the molecule is O=C1NC(C2CC2)(C2CC2)C(=O)N1Cc1coc(-c2ccccc2)n1. The summed E-state index contributed by atoms with van der Waals surface area (Å²) in [5, 5.41) is 3.03. The van der Waals surface area contributed by atoms with Crippen LogP contribution in [-0.2, 0) is 11.3 Å². The van der Waals surface area contributed by atoms with E-state index < -0.39 is 5.54 Å². The molecule has 1 aromatic heterocycles. The van der Waals surface area contributed by atoms with Crippen LogP contribution in [0.25, 0.3) is 11.5 Å². The summed E-state index contributed by atoms with van der Waals surface area (Å²) in [6.07, 6.45) is 5.63. The molecule has 0 spiro atoms. The zero-order valence-electron chi connectivity index (χ0n) is 13.8. The number of hydrogen-bond acceptors (Lipinski definition) is 4. The Morgan fingerprint density at radius 3 is 2.44 bits per heavy atom. The maximum Gasteiger partial charge on any atom is 0.325 e. The summed E-state index contributed by atoms with van der Waals surface area (Å²) in [4.78, 5) is 31.3. The van der Waals surface area contributed by atoms with Gasteiger partial charge in [-0.1, -0.05) is 18.2 Å². The van der Waals surface area contributed by atoms with Crippen LogP contribution in [0.4, 0.5) is 4.79 Å². The van der Waals surface area contributed by atoms with Crippen LogP contribution in [-0.4, -0.2) is 27.4 Å². The summed E-state index contributed by atoms with van der Waals surface area (Å²) < 4.78 is 5.52. The predicted molar refractivity (Wildman–Crippen MR) is 89.2 cm³/mol. The van der Waals surface area contributed by atoms with E-state index in [1.54, 1.807) is 0 Å². The van der Waals surface area contributed by atoms with Gasteiger partial charge in [0.1, 0.15) is 11.8 Å². The quantitative estimate of drug-likeness (QED) is 0.851. The number of nitrogens with zero attached hydrogens (tertiary/aromatic N) is 2. The number of amides is 3. The van der Waals surface area contributed by atoms with Gasteiger partial charge in [0.05, 0.1) is 12.2 Å². The van der Waals surface area contributed by atoms with Gasteiger partial charge in [-0.15, -0.1) is 0 Å². The zero-order valence-corrected chi connectivity index (χ0v) is 13.8. The first-order valence-corrected chi connectivity index (χ1v) is 8.82. The molecule has 2 aliphatic carbocycles. The lowest BCUT2D eigenvalue weighted by atomic mass is 9.87. The van der Waals surface area contributed by atoms with E-state index in [-0.39, 0.29) is 18.5 Å². The molecule has 2 aromatic rings. The second-order valence-corrected chi connectivity index (χ2v) is 7.25. The molecule has 0 atom stereocenters. The van der Waals surface area contributed by atoms with Gasteiger partial charge in [0.15, 0.2) is 0 Å². The van der Waals surface area contributed by atoms with Crippen molar-refractivity contribution in [1.82, 2.24) is 15.2 Å². The second-order valence-electron chi connectivity index (χ2n) is 7.25. The van der Waals surface area contributed by atoms with Crippen LogP contribution in [0.1, 0.15) is 31.4 Å². The van der Waals surface area contributed by atoms with Crippen LogP contribution >= 0.6 is 0 Å². The van der Waals surface area contributed by atoms with E-state index in [9.17, 15) is 9.59 Å². The predicted octanol–water partition coefficient (Wildman–Crippen LogP) is 2.95. The van der Waals surface area contributed by atoms with Crippen molar-refractivity contribution < 1.29 is 14.0 Å². The minimum atomic E-state index is -0.650. The van der Waals surface area contributed by atoms with E-state index in [2.05, 4.69) is 10.3 Å². The molecule has 0 unspecified atom stereocenters. The molecule has 3 fully saturated rings. The number of nitrogens with one attached hydrogen (secondary N) is 1. The highest BCUT2D eigenvalue weighted by atomic mass is 16.3. The van der Waals surface area contributed by atoms with Gasteiger partial charge < -0.3 is 9.73 Å². The number of carbonyl (C=O) groups excluding carboxylic acids is 2. The summed E-state index contributed by atoms with van der Waals surface area (Å²) in [6.45, 7) is 0.155. The summed E-state index contributed by atoms with van der Waals surface area (Å²) >= 11 is 0. The van der Waals surface area contributed by atoms with Crippen molar-refractivity contribution in [3.8, 4) is 11.5 Å². The molecule has 25 heavy (non-hydrogen) atoms. The number of rotatable bonds is 5. The number of benzene rings is 1. The van der Waals surface area contributed by atoms with Crippen LogP contribution in [0.2, 0.25) is 0 Å². The van der Waals surface area contributed by atoms with E-state index in [1.165, 1.54) is 11.2 Å². The smallest absolute Gasteiger partial charge is 0.325 e. The lowest BCUT2D eigenvalue weighted by Crippen LogP contribution is -2.51. The van der Waals surface area contributed by atoms with Gasteiger partial charge in [0.2, 0.25) is 5.89 Å². The zero-order chi connectivity index (χ0) is 17.0. The first-order valence-electron chi connectivity index (χ1n) is 8.82. The monoisotopic (exact) mass is 337 g/mol. The highest BCUT2D eigenvalue weighted by Gasteiger charge is 2.65. The molecule has 0 radical (unpaired) electrons. The number of hydrogen-bond donors (Lipinski definition) is 1. The Hall–Kier alpha value is -2.63. The highest BCUT2D eigenvalue weighted by molar-refractivity contribution is 6.07. The number of imide groups is 1. The number of oxazole rings is 1. The third-order valence-corrected chi connectivity index (χ3v) is 5.49. The number of carbonyl (C=O) groups is 2.